The maximum absolute atomic E-state index is 11.8. The molecule has 2 atom stereocenters. The van der Waals surface area contributed by atoms with Crippen molar-refractivity contribution in [3.05, 3.63) is 41.3 Å². The molecular weight excluding hydrogens is 398 g/mol. The van der Waals surface area contributed by atoms with Crippen LogP contribution in [0.3, 0.4) is 0 Å². The van der Waals surface area contributed by atoms with Crippen LogP contribution in [-0.4, -0.2) is 41.1 Å². The zero-order chi connectivity index (χ0) is 21.1. The van der Waals surface area contributed by atoms with Crippen LogP contribution in [0, 0.1) is 0 Å². The van der Waals surface area contributed by atoms with Crippen molar-refractivity contribution in [2.45, 2.75) is 39.7 Å². The summed E-state index contributed by atoms with van der Waals surface area (Å²) in [6.45, 7) is 7.76. The molecule has 0 saturated heterocycles. The van der Waals surface area contributed by atoms with E-state index < -0.39 is 23.3 Å². The van der Waals surface area contributed by atoms with Gasteiger partial charge in [-0.15, -0.1) is 10.2 Å². The van der Waals surface area contributed by atoms with Crippen LogP contribution >= 0.6 is 0 Å². The van der Waals surface area contributed by atoms with Gasteiger partial charge in [-0.2, -0.15) is 0 Å². The molecule has 3 N–H and O–H groups in total. The molecule has 3 rings (SSSR count). The summed E-state index contributed by atoms with van der Waals surface area (Å²) in [5.74, 6) is 1.16. The van der Waals surface area contributed by atoms with Crippen LogP contribution in [0.1, 0.15) is 61.5 Å². The average Bonchev–Trinajstić information content (AvgIpc) is 3.22. The third-order valence-corrected chi connectivity index (χ3v) is 4.75. The van der Waals surface area contributed by atoms with Crippen LogP contribution in [0.2, 0.25) is 0 Å². The quantitative estimate of drug-likeness (QED) is 0.376. The summed E-state index contributed by atoms with van der Waals surface area (Å²) in [6.07, 6.45) is 0. The van der Waals surface area contributed by atoms with Gasteiger partial charge in [0.25, 0.3) is 0 Å². The summed E-state index contributed by atoms with van der Waals surface area (Å²) in [6, 6.07) is 6.09. The maximum atomic E-state index is 11.8. The third-order valence-electron chi connectivity index (χ3n) is 4.20. The van der Waals surface area contributed by atoms with Gasteiger partial charge >= 0.3 is 5.97 Å². The summed E-state index contributed by atoms with van der Waals surface area (Å²) >= 11 is -2.18. The molecule has 1 aromatic carbocycles. The predicted octanol–water partition coefficient (Wildman–Crippen LogP) is 2.94. The Balaban J connectivity index is 1.94. The highest BCUT2D eigenvalue weighted by Crippen LogP contribution is 2.34. The Morgan fingerprint density at radius 1 is 1.28 bits per heavy atom. The summed E-state index contributed by atoms with van der Waals surface area (Å²) in [7, 11) is 0. The lowest BCUT2D eigenvalue weighted by atomic mass is 10.1. The zero-order valence-corrected chi connectivity index (χ0v) is 17.3. The van der Waals surface area contributed by atoms with Gasteiger partial charge in [0.1, 0.15) is 5.75 Å². The van der Waals surface area contributed by atoms with E-state index in [1.54, 1.807) is 42.6 Å². The van der Waals surface area contributed by atoms with Crippen LogP contribution in [0.4, 0.5) is 0 Å². The molecule has 0 aliphatic carbocycles. The number of carbonyl (C=O) groups is 1. The van der Waals surface area contributed by atoms with Gasteiger partial charge < -0.3 is 9.47 Å². The molecule has 3 aromatic rings. The number of esters is 1. The van der Waals surface area contributed by atoms with E-state index in [2.05, 4.69) is 20.0 Å². The number of hydrogen-bond acceptors (Lipinski definition) is 6. The number of benzene rings is 1. The fraction of sp³-hybridized carbons (Fsp3) is 0.389. The minimum atomic E-state index is -2.18. The van der Waals surface area contributed by atoms with Crippen molar-refractivity contribution < 1.29 is 23.0 Å². The molecule has 0 fully saturated rings. The fourth-order valence-corrected chi connectivity index (χ4v) is 3.22. The van der Waals surface area contributed by atoms with Gasteiger partial charge in [0.05, 0.1) is 23.9 Å². The lowest BCUT2D eigenvalue weighted by molar-refractivity contribution is 0.0526. The SMILES string of the molecule is CCOC(=O)c1ccc(Oc2c(C(C)C)[nH]n3c(C(C)NS(=O)O)nnc23)cc1. The third kappa shape index (κ3) is 4.47. The Morgan fingerprint density at radius 3 is 2.55 bits per heavy atom. The predicted molar refractivity (Wildman–Crippen MR) is 106 cm³/mol. The number of nitrogens with one attached hydrogen (secondary N) is 2. The van der Waals surface area contributed by atoms with Gasteiger partial charge in [-0.25, -0.2) is 18.2 Å². The van der Waals surface area contributed by atoms with Crippen molar-refractivity contribution >= 4 is 22.9 Å². The monoisotopic (exact) mass is 421 g/mol. The Bertz CT molecular complexity index is 1030. The van der Waals surface area contributed by atoms with Crippen LogP contribution in [0.25, 0.3) is 5.65 Å². The molecule has 2 heterocycles. The lowest BCUT2D eigenvalue weighted by Gasteiger charge is -2.09. The summed E-state index contributed by atoms with van der Waals surface area (Å²) < 4.78 is 35.3. The van der Waals surface area contributed by atoms with Crippen molar-refractivity contribution in [3.8, 4) is 11.5 Å². The van der Waals surface area contributed by atoms with Crippen molar-refractivity contribution in [1.82, 2.24) is 24.5 Å². The Kier molecular flexibility index (Phi) is 6.30. The molecule has 0 radical (unpaired) electrons. The minimum absolute atomic E-state index is 0.0913. The number of nitrogens with zero attached hydrogens (tertiary/aromatic N) is 3. The van der Waals surface area contributed by atoms with E-state index in [0.29, 0.717) is 35.1 Å². The normalized spacial score (nSPS) is 13.6. The minimum Gasteiger partial charge on any atom is -0.462 e. The van der Waals surface area contributed by atoms with E-state index in [4.69, 9.17) is 14.0 Å². The van der Waals surface area contributed by atoms with Crippen molar-refractivity contribution in [2.75, 3.05) is 6.61 Å². The topological polar surface area (TPSA) is 131 Å². The van der Waals surface area contributed by atoms with E-state index in [0.717, 1.165) is 5.69 Å². The van der Waals surface area contributed by atoms with Crippen LogP contribution in [0.15, 0.2) is 24.3 Å². The van der Waals surface area contributed by atoms with Crippen LogP contribution in [0.5, 0.6) is 11.5 Å². The molecule has 29 heavy (non-hydrogen) atoms. The second kappa shape index (κ2) is 8.72. The van der Waals surface area contributed by atoms with E-state index in [1.165, 1.54) is 0 Å². The number of aromatic amines is 1. The first-order valence-corrected chi connectivity index (χ1v) is 10.2. The molecule has 0 amide bonds. The number of H-pyrrole nitrogens is 1. The van der Waals surface area contributed by atoms with Crippen LogP contribution in [-0.2, 0) is 16.0 Å². The average molecular weight is 421 g/mol. The van der Waals surface area contributed by atoms with E-state index in [9.17, 15) is 9.00 Å². The molecule has 2 unspecified atom stereocenters. The summed E-state index contributed by atoms with van der Waals surface area (Å²) in [5, 5.41) is 11.5. The first-order valence-electron chi connectivity index (χ1n) is 9.10. The molecule has 0 spiro atoms. The molecular formula is C18H23N5O5S. The highest BCUT2D eigenvalue weighted by molar-refractivity contribution is 7.77. The largest absolute Gasteiger partial charge is 0.462 e. The van der Waals surface area contributed by atoms with Gasteiger partial charge in [-0.05, 0) is 44.0 Å². The summed E-state index contributed by atoms with van der Waals surface area (Å²) in [5.41, 5.74) is 1.68. The highest BCUT2D eigenvalue weighted by atomic mass is 32.2. The summed E-state index contributed by atoms with van der Waals surface area (Å²) in [4.78, 5) is 11.8. The number of hydrogen-bond donors (Lipinski definition) is 3. The van der Waals surface area contributed by atoms with E-state index >= 15 is 0 Å². The van der Waals surface area contributed by atoms with Crippen molar-refractivity contribution in [3.63, 3.8) is 0 Å². The van der Waals surface area contributed by atoms with Crippen molar-refractivity contribution in [2.24, 2.45) is 0 Å². The molecule has 0 bridgehead atoms. The Labute approximate surface area is 170 Å². The molecule has 11 heteroatoms. The number of fused-ring (bicyclic) bond motifs is 1. The molecule has 10 nitrogen and oxygen atoms in total. The molecule has 2 aromatic heterocycles. The first kappa shape index (κ1) is 21.0. The lowest BCUT2D eigenvalue weighted by Crippen LogP contribution is -2.22. The van der Waals surface area contributed by atoms with Gasteiger partial charge in [-0.3, -0.25) is 9.65 Å². The van der Waals surface area contributed by atoms with Gasteiger partial charge in [0, 0.05) is 0 Å². The Hall–Kier alpha value is -2.76. The van der Waals surface area contributed by atoms with Gasteiger partial charge in [-0.1, -0.05) is 13.8 Å². The second-order valence-electron chi connectivity index (χ2n) is 6.66. The maximum Gasteiger partial charge on any atom is 0.338 e. The number of rotatable bonds is 8. The number of aromatic nitrogens is 4. The molecule has 156 valence electrons. The van der Waals surface area contributed by atoms with Gasteiger partial charge in [0.2, 0.25) is 16.9 Å². The molecule has 0 saturated carbocycles. The highest BCUT2D eigenvalue weighted by Gasteiger charge is 2.24. The van der Waals surface area contributed by atoms with Gasteiger partial charge in [0.15, 0.2) is 11.6 Å². The number of carbonyl (C=O) groups excluding carboxylic acids is 1. The molecule has 0 aliphatic rings. The number of ether oxygens (including phenoxy) is 2. The molecule has 0 aliphatic heterocycles. The van der Waals surface area contributed by atoms with E-state index in [1.807, 2.05) is 13.8 Å². The fourth-order valence-electron chi connectivity index (χ4n) is 2.81. The first-order chi connectivity index (χ1) is 13.8. The second-order valence-corrected chi connectivity index (χ2v) is 7.40. The van der Waals surface area contributed by atoms with Crippen molar-refractivity contribution in [1.29, 1.82) is 0 Å². The smallest absolute Gasteiger partial charge is 0.338 e. The van der Waals surface area contributed by atoms with E-state index in [-0.39, 0.29) is 5.92 Å². The van der Waals surface area contributed by atoms with Crippen LogP contribution < -0.4 is 9.46 Å². The standard InChI is InChI=1S/C18H23N5O5S/c1-5-27-18(24)12-6-8-13(9-7-12)28-15-14(10(2)3)21-23-16(19-20-17(15)23)11(4)22-29(25)26/h6-11,21-22H,5H2,1-4H3,(H,25,26). The zero-order valence-electron chi connectivity index (χ0n) is 16.5. The Morgan fingerprint density at radius 2 is 1.97 bits per heavy atom.